The van der Waals surface area contributed by atoms with Gasteiger partial charge in [0.15, 0.2) is 0 Å². The molecule has 24 heavy (non-hydrogen) atoms. The van der Waals surface area contributed by atoms with E-state index in [1.54, 1.807) is 0 Å². The molecule has 5 nitrogen and oxygen atoms in total. The van der Waals surface area contributed by atoms with Gasteiger partial charge in [0.05, 0.1) is 6.04 Å². The zero-order valence-electron chi connectivity index (χ0n) is 13.3. The van der Waals surface area contributed by atoms with Crippen LogP contribution in [0.1, 0.15) is 17.5 Å². The Morgan fingerprint density at radius 1 is 0.958 bits per heavy atom. The molecule has 2 atom stereocenters. The first-order chi connectivity index (χ1) is 11.6. The van der Waals surface area contributed by atoms with Crippen molar-refractivity contribution < 1.29 is 14.3 Å². The van der Waals surface area contributed by atoms with Crippen LogP contribution in [0.15, 0.2) is 60.7 Å². The Bertz CT molecular complexity index is 703. The van der Waals surface area contributed by atoms with Crippen molar-refractivity contribution in [3.05, 3.63) is 71.8 Å². The summed E-state index contributed by atoms with van der Waals surface area (Å²) < 4.78 is 5.40. The smallest absolute Gasteiger partial charge is 0.323 e. The topological polar surface area (TPSA) is 72.6 Å². The molecule has 1 amide bonds. The molecular weight excluding hydrogens is 304 g/mol. The Morgan fingerprint density at radius 2 is 1.54 bits per heavy atom. The molecule has 0 aliphatic carbocycles. The lowest BCUT2D eigenvalue weighted by Gasteiger charge is -2.45. The van der Waals surface area contributed by atoms with Gasteiger partial charge in [-0.3, -0.25) is 14.5 Å². The van der Waals surface area contributed by atoms with Gasteiger partial charge in [-0.1, -0.05) is 60.7 Å². The fraction of sp³-hybridized carbons (Fsp3) is 0.263. The van der Waals surface area contributed by atoms with E-state index in [1.807, 2.05) is 65.6 Å². The molecule has 0 radical (unpaired) electrons. The molecule has 0 aromatic heterocycles. The predicted octanol–water partition coefficient (Wildman–Crippen LogP) is 1.86. The summed E-state index contributed by atoms with van der Waals surface area (Å²) in [7, 11) is 0. The monoisotopic (exact) mass is 324 g/mol. The Balaban J connectivity index is 1.63. The average Bonchev–Trinajstić information content (AvgIpc) is 2.58. The van der Waals surface area contributed by atoms with Gasteiger partial charge in [0.1, 0.15) is 12.6 Å². The highest BCUT2D eigenvalue weighted by molar-refractivity contribution is 5.86. The Kier molecular flexibility index (Phi) is 4.91. The second-order valence-corrected chi connectivity index (χ2v) is 5.92. The van der Waals surface area contributed by atoms with E-state index in [4.69, 9.17) is 10.5 Å². The third-order valence-electron chi connectivity index (χ3n) is 4.28. The molecule has 3 rings (SSSR count). The second-order valence-electron chi connectivity index (χ2n) is 5.92. The highest BCUT2D eigenvalue weighted by Crippen LogP contribution is 2.29. The Labute approximate surface area is 141 Å². The fourth-order valence-electron chi connectivity index (χ4n) is 2.91. The van der Waals surface area contributed by atoms with Crippen molar-refractivity contribution in [3.8, 4) is 0 Å². The van der Waals surface area contributed by atoms with Crippen LogP contribution in [0.2, 0.25) is 0 Å². The van der Waals surface area contributed by atoms with Crippen LogP contribution in [-0.2, 0) is 27.5 Å². The van der Waals surface area contributed by atoms with Crippen molar-refractivity contribution in [2.75, 3.05) is 0 Å². The number of amides is 1. The van der Waals surface area contributed by atoms with E-state index in [2.05, 4.69) is 0 Å². The molecule has 1 aliphatic heterocycles. The van der Waals surface area contributed by atoms with Crippen molar-refractivity contribution in [2.45, 2.75) is 31.7 Å². The molecule has 1 heterocycles. The summed E-state index contributed by atoms with van der Waals surface area (Å²) in [6.07, 6.45) is 0.412. The predicted molar refractivity (Wildman–Crippen MR) is 89.6 cm³/mol. The molecular formula is C19H20N2O3. The normalized spacial score (nSPS) is 20.2. The lowest BCUT2D eigenvalue weighted by atomic mass is 9.91. The number of hydrogen-bond donors (Lipinski definition) is 1. The molecule has 2 unspecified atom stereocenters. The van der Waals surface area contributed by atoms with Gasteiger partial charge in [0, 0.05) is 6.54 Å². The zero-order chi connectivity index (χ0) is 16.9. The summed E-state index contributed by atoms with van der Waals surface area (Å²) in [5.41, 5.74) is 7.40. The number of hydrogen-bond acceptors (Lipinski definition) is 4. The summed E-state index contributed by atoms with van der Waals surface area (Å²) in [4.78, 5) is 25.7. The number of ether oxygens (including phenoxy) is 1. The van der Waals surface area contributed by atoms with Crippen LogP contribution in [0.5, 0.6) is 0 Å². The van der Waals surface area contributed by atoms with E-state index >= 15 is 0 Å². The number of primary amides is 1. The van der Waals surface area contributed by atoms with Gasteiger partial charge < -0.3 is 10.5 Å². The molecule has 5 heteroatoms. The number of esters is 1. The van der Waals surface area contributed by atoms with Crippen LogP contribution in [-0.4, -0.2) is 28.9 Å². The first kappa shape index (κ1) is 16.2. The largest absolute Gasteiger partial charge is 0.460 e. The number of benzene rings is 2. The summed E-state index contributed by atoms with van der Waals surface area (Å²) in [5, 5.41) is 0. The van der Waals surface area contributed by atoms with E-state index in [0.29, 0.717) is 13.0 Å². The Morgan fingerprint density at radius 3 is 2.12 bits per heavy atom. The number of likely N-dealkylation sites (tertiary alicyclic amines) is 1. The van der Waals surface area contributed by atoms with E-state index < -0.39 is 18.0 Å². The Hall–Kier alpha value is -2.66. The van der Waals surface area contributed by atoms with Crippen molar-refractivity contribution in [1.82, 2.24) is 4.90 Å². The van der Waals surface area contributed by atoms with Crippen molar-refractivity contribution in [1.29, 1.82) is 0 Å². The van der Waals surface area contributed by atoms with Gasteiger partial charge in [-0.05, 0) is 17.5 Å². The average molecular weight is 324 g/mol. The van der Waals surface area contributed by atoms with Crippen molar-refractivity contribution in [2.24, 2.45) is 5.73 Å². The molecule has 1 fully saturated rings. The van der Waals surface area contributed by atoms with Gasteiger partial charge >= 0.3 is 5.97 Å². The van der Waals surface area contributed by atoms with Crippen LogP contribution in [0, 0.1) is 0 Å². The number of carbonyl (C=O) groups is 2. The second kappa shape index (κ2) is 7.27. The summed E-state index contributed by atoms with van der Waals surface area (Å²) >= 11 is 0. The minimum atomic E-state index is -0.425. The summed E-state index contributed by atoms with van der Waals surface area (Å²) in [6.45, 7) is 0.732. The third kappa shape index (κ3) is 3.63. The maximum Gasteiger partial charge on any atom is 0.323 e. The quantitative estimate of drug-likeness (QED) is 0.823. The van der Waals surface area contributed by atoms with Gasteiger partial charge in [-0.15, -0.1) is 0 Å². The number of carbonyl (C=O) groups excluding carboxylic acids is 2. The van der Waals surface area contributed by atoms with Crippen LogP contribution in [0.25, 0.3) is 0 Å². The SMILES string of the molecule is NC(=O)C1CC(C(=O)OCc2ccccc2)N1Cc1ccccc1. The first-order valence-electron chi connectivity index (χ1n) is 7.94. The summed E-state index contributed by atoms with van der Waals surface area (Å²) in [6, 6.07) is 18.4. The lowest BCUT2D eigenvalue weighted by molar-refractivity contribution is -0.163. The lowest BCUT2D eigenvalue weighted by Crippen LogP contribution is -2.63. The van der Waals surface area contributed by atoms with Crippen molar-refractivity contribution in [3.63, 3.8) is 0 Å². The molecule has 0 bridgehead atoms. The molecule has 2 N–H and O–H groups in total. The molecule has 124 valence electrons. The van der Waals surface area contributed by atoms with Crippen LogP contribution < -0.4 is 5.73 Å². The highest BCUT2D eigenvalue weighted by atomic mass is 16.5. The molecule has 0 spiro atoms. The highest BCUT2D eigenvalue weighted by Gasteiger charge is 2.46. The van der Waals surface area contributed by atoms with Gasteiger partial charge in [0.25, 0.3) is 0 Å². The molecule has 2 aromatic carbocycles. The fourth-order valence-corrected chi connectivity index (χ4v) is 2.91. The zero-order valence-corrected chi connectivity index (χ0v) is 13.3. The molecule has 1 saturated heterocycles. The number of nitrogens with two attached hydrogens (primary N) is 1. The van der Waals surface area contributed by atoms with Gasteiger partial charge in [0.2, 0.25) is 5.91 Å². The van der Waals surface area contributed by atoms with Crippen LogP contribution >= 0.6 is 0 Å². The maximum absolute atomic E-state index is 12.4. The van der Waals surface area contributed by atoms with E-state index in [9.17, 15) is 9.59 Å². The number of nitrogens with zero attached hydrogens (tertiary/aromatic N) is 1. The maximum atomic E-state index is 12.4. The first-order valence-corrected chi connectivity index (χ1v) is 7.94. The van der Waals surface area contributed by atoms with Gasteiger partial charge in [-0.2, -0.15) is 0 Å². The molecule has 2 aromatic rings. The van der Waals surface area contributed by atoms with Crippen molar-refractivity contribution >= 4 is 11.9 Å². The minimum Gasteiger partial charge on any atom is -0.460 e. The van der Waals surface area contributed by atoms with Crippen LogP contribution in [0.4, 0.5) is 0 Å². The third-order valence-corrected chi connectivity index (χ3v) is 4.28. The standard InChI is InChI=1S/C19H20N2O3/c20-18(22)16-11-17(21(16)12-14-7-3-1-4-8-14)19(23)24-13-15-9-5-2-6-10-15/h1-10,16-17H,11-13H2,(H2,20,22). The van der Waals surface area contributed by atoms with Crippen LogP contribution in [0.3, 0.4) is 0 Å². The summed E-state index contributed by atoms with van der Waals surface area (Å²) in [5.74, 6) is -0.717. The van der Waals surface area contributed by atoms with E-state index in [1.165, 1.54) is 0 Å². The van der Waals surface area contributed by atoms with Gasteiger partial charge in [-0.25, -0.2) is 0 Å². The number of rotatable bonds is 6. The molecule has 0 saturated carbocycles. The molecule has 1 aliphatic rings. The van der Waals surface area contributed by atoms with E-state index in [0.717, 1.165) is 11.1 Å². The minimum absolute atomic E-state index is 0.233. The van der Waals surface area contributed by atoms with E-state index in [-0.39, 0.29) is 12.6 Å².